The third kappa shape index (κ3) is 5.91. The summed E-state index contributed by atoms with van der Waals surface area (Å²) in [5.74, 6) is 1.02. The molecule has 3 aliphatic rings. The van der Waals surface area contributed by atoms with E-state index in [9.17, 15) is 19.2 Å². The van der Waals surface area contributed by atoms with Crippen molar-refractivity contribution in [2.75, 3.05) is 13.1 Å². The summed E-state index contributed by atoms with van der Waals surface area (Å²) in [6.45, 7) is 4.29. The number of imidazole rings is 2. The zero-order chi connectivity index (χ0) is 33.6. The van der Waals surface area contributed by atoms with E-state index in [0.29, 0.717) is 18.9 Å². The maximum absolute atomic E-state index is 13.2. The summed E-state index contributed by atoms with van der Waals surface area (Å²) < 4.78 is 5.08. The number of β-lactam (4-membered cyclic amide) rings is 1. The molecular weight excluding hydrogens is 612 g/mol. The Balaban J connectivity index is 1.01. The van der Waals surface area contributed by atoms with Crippen molar-refractivity contribution < 1.29 is 23.9 Å². The van der Waals surface area contributed by atoms with Crippen LogP contribution in [0.4, 0.5) is 4.79 Å². The van der Waals surface area contributed by atoms with E-state index in [4.69, 9.17) is 10.5 Å². The Bertz CT molecular complexity index is 1850. The largest absolute Gasteiger partial charge is 0.434 e. The van der Waals surface area contributed by atoms with Gasteiger partial charge in [0, 0.05) is 13.1 Å². The minimum atomic E-state index is -1.37. The predicted octanol–water partition coefficient (Wildman–Crippen LogP) is 4.22. The van der Waals surface area contributed by atoms with Crippen LogP contribution in [0, 0.1) is 0 Å². The molecule has 13 heteroatoms. The molecule has 48 heavy (non-hydrogen) atoms. The van der Waals surface area contributed by atoms with E-state index in [0.717, 1.165) is 65.1 Å². The number of rotatable bonds is 8. The molecule has 0 unspecified atom stereocenters. The van der Waals surface area contributed by atoms with Gasteiger partial charge in [0.2, 0.25) is 11.8 Å². The van der Waals surface area contributed by atoms with Crippen molar-refractivity contribution in [3.8, 4) is 33.6 Å². The van der Waals surface area contributed by atoms with Crippen LogP contribution in [0.15, 0.2) is 60.9 Å². The number of hydrogen-bond donors (Lipinski definition) is 4. The lowest BCUT2D eigenvalue weighted by Crippen LogP contribution is -2.57. The number of carbonyl (C=O) groups excluding carboxylic acids is 4. The Kier molecular flexibility index (Phi) is 7.98. The van der Waals surface area contributed by atoms with Crippen LogP contribution in [-0.4, -0.2) is 78.3 Å². The summed E-state index contributed by atoms with van der Waals surface area (Å²) in [7, 11) is 0. The van der Waals surface area contributed by atoms with Crippen LogP contribution in [0.2, 0.25) is 0 Å². The number of carbonyl (C=O) groups is 4. The van der Waals surface area contributed by atoms with Gasteiger partial charge in [-0.3, -0.25) is 14.4 Å². The number of nitrogens with two attached hydrogens (primary N) is 1. The molecule has 2 aromatic carbocycles. The molecule has 0 aliphatic carbocycles. The molecule has 248 valence electrons. The average Bonchev–Trinajstić information content (AvgIpc) is 3.88. The van der Waals surface area contributed by atoms with Crippen LogP contribution in [0.1, 0.15) is 69.7 Å². The van der Waals surface area contributed by atoms with Gasteiger partial charge in [-0.1, -0.05) is 48.5 Å². The second-order valence-electron chi connectivity index (χ2n) is 13.1. The van der Waals surface area contributed by atoms with Crippen molar-refractivity contribution in [3.63, 3.8) is 0 Å². The van der Waals surface area contributed by atoms with Crippen LogP contribution in [0.25, 0.3) is 33.6 Å². The molecule has 2 aromatic heterocycles. The highest BCUT2D eigenvalue weighted by atomic mass is 16.6. The molecule has 3 fully saturated rings. The summed E-state index contributed by atoms with van der Waals surface area (Å²) in [4.78, 5) is 68.3. The molecule has 0 saturated carbocycles. The van der Waals surface area contributed by atoms with Crippen molar-refractivity contribution >= 4 is 23.8 Å². The molecule has 4 amide bonds. The summed E-state index contributed by atoms with van der Waals surface area (Å²) >= 11 is 0. The van der Waals surface area contributed by atoms with Gasteiger partial charge in [0.15, 0.2) is 5.60 Å². The van der Waals surface area contributed by atoms with Crippen molar-refractivity contribution in [2.45, 2.75) is 69.7 Å². The first-order valence-corrected chi connectivity index (χ1v) is 16.3. The Morgan fingerprint density at radius 1 is 0.792 bits per heavy atom. The van der Waals surface area contributed by atoms with E-state index in [1.165, 1.54) is 0 Å². The van der Waals surface area contributed by atoms with Gasteiger partial charge in [0.1, 0.15) is 17.7 Å². The highest BCUT2D eigenvalue weighted by molar-refractivity contribution is 5.97. The summed E-state index contributed by atoms with van der Waals surface area (Å²) in [5.41, 5.74) is 9.61. The summed E-state index contributed by atoms with van der Waals surface area (Å²) in [6, 6.07) is 15.6. The normalized spacial score (nSPS) is 20.8. The lowest BCUT2D eigenvalue weighted by Gasteiger charge is -2.32. The van der Waals surface area contributed by atoms with E-state index in [2.05, 4.69) is 49.5 Å². The Morgan fingerprint density at radius 2 is 1.25 bits per heavy atom. The van der Waals surface area contributed by atoms with Crippen molar-refractivity contribution in [3.05, 3.63) is 72.6 Å². The van der Waals surface area contributed by atoms with Crippen molar-refractivity contribution in [1.82, 2.24) is 35.1 Å². The minimum Gasteiger partial charge on any atom is -0.434 e. The Labute approximate surface area is 277 Å². The molecule has 3 atom stereocenters. The molecule has 13 nitrogen and oxygen atoms in total. The lowest BCUT2D eigenvalue weighted by atomic mass is 10.0. The van der Waals surface area contributed by atoms with Crippen LogP contribution in [0.3, 0.4) is 0 Å². The molecule has 5 heterocycles. The van der Waals surface area contributed by atoms with E-state index in [-0.39, 0.29) is 36.2 Å². The molecule has 7 rings (SSSR count). The van der Waals surface area contributed by atoms with Gasteiger partial charge in [0.25, 0.3) is 5.91 Å². The number of nitrogens with one attached hydrogen (secondary N) is 3. The number of likely N-dealkylation sites (tertiary alicyclic amines) is 2. The van der Waals surface area contributed by atoms with Gasteiger partial charge in [-0.2, -0.15) is 0 Å². The Hall–Kier alpha value is -5.46. The van der Waals surface area contributed by atoms with Crippen LogP contribution in [0.5, 0.6) is 0 Å². The fourth-order valence-electron chi connectivity index (χ4n) is 6.95. The van der Waals surface area contributed by atoms with Crippen molar-refractivity contribution in [1.29, 1.82) is 0 Å². The molecule has 5 N–H and O–H groups in total. The maximum Gasteiger partial charge on any atom is 0.405 e. The molecule has 3 saturated heterocycles. The number of amides is 4. The van der Waals surface area contributed by atoms with Gasteiger partial charge in [-0.15, -0.1) is 0 Å². The van der Waals surface area contributed by atoms with Gasteiger partial charge in [-0.25, -0.2) is 14.8 Å². The fourth-order valence-corrected chi connectivity index (χ4v) is 6.95. The van der Waals surface area contributed by atoms with Crippen LogP contribution < -0.4 is 11.1 Å². The number of hydrogen-bond acceptors (Lipinski definition) is 7. The number of aromatic nitrogens is 4. The number of primary amides is 1. The van der Waals surface area contributed by atoms with E-state index < -0.39 is 17.7 Å². The van der Waals surface area contributed by atoms with E-state index in [1.807, 2.05) is 29.2 Å². The SMILES string of the molecule is CC(C)(OC(N)=O)C(=O)N1CCC[C@H]1c1ncc(-c2ccc(-c3ccc(-c4cnc([C@@H]5CCCN5C(=O)[C@@H]5CC(=O)N5)[nH]4)cc3)cc2)[nH]1. The molecule has 3 aliphatic heterocycles. The molecule has 4 aromatic rings. The number of benzene rings is 2. The number of aromatic amines is 2. The summed E-state index contributed by atoms with van der Waals surface area (Å²) in [6.07, 6.45) is 6.15. The van der Waals surface area contributed by atoms with E-state index >= 15 is 0 Å². The predicted molar refractivity (Wildman–Crippen MR) is 176 cm³/mol. The monoisotopic (exact) mass is 650 g/mol. The standard InChI is InChI=1S/C35H38N8O5/c1-35(2,48-34(36)47)33(46)43-16-4-6-28(43)31-38-19-26(41-31)23-13-9-21(10-14-23)20-7-11-22(12-8-20)25-18-37-30(40-25)27-5-3-15-42(27)32(45)24-17-29(44)39-24/h7-14,18-19,24,27-28H,3-6,15-17H2,1-2H3,(H2,36,47)(H,37,40)(H,38,41)(H,39,44)/t24-,27-,28-/m0/s1. The number of nitrogens with zero attached hydrogens (tertiary/aromatic N) is 4. The second kappa shape index (κ2) is 12.3. The first-order chi connectivity index (χ1) is 23.1. The zero-order valence-corrected chi connectivity index (χ0v) is 26.9. The van der Waals surface area contributed by atoms with Gasteiger partial charge >= 0.3 is 6.09 Å². The third-order valence-electron chi connectivity index (χ3n) is 9.49. The quantitative estimate of drug-likeness (QED) is 0.206. The van der Waals surface area contributed by atoms with E-state index in [1.54, 1.807) is 31.1 Å². The minimum absolute atomic E-state index is 0.0382. The Morgan fingerprint density at radius 3 is 1.73 bits per heavy atom. The fraction of sp³-hybridized carbons (Fsp3) is 0.371. The molecular formula is C35H38N8O5. The number of H-pyrrole nitrogens is 2. The second-order valence-corrected chi connectivity index (χ2v) is 13.1. The third-order valence-corrected chi connectivity index (χ3v) is 9.49. The average molecular weight is 651 g/mol. The van der Waals surface area contributed by atoms with Gasteiger partial charge in [0.05, 0.1) is 42.3 Å². The summed E-state index contributed by atoms with van der Waals surface area (Å²) in [5, 5.41) is 2.69. The van der Waals surface area contributed by atoms with Crippen LogP contribution >= 0.6 is 0 Å². The smallest absolute Gasteiger partial charge is 0.405 e. The first kappa shape index (κ1) is 31.2. The van der Waals surface area contributed by atoms with Gasteiger partial charge in [-0.05, 0) is 61.8 Å². The number of ether oxygens (including phenoxy) is 1. The zero-order valence-electron chi connectivity index (χ0n) is 26.9. The lowest BCUT2D eigenvalue weighted by molar-refractivity contribution is -0.149. The maximum atomic E-state index is 13.2. The highest BCUT2D eigenvalue weighted by Crippen LogP contribution is 2.35. The first-order valence-electron chi connectivity index (χ1n) is 16.3. The topological polar surface area (TPSA) is 179 Å². The molecule has 0 spiro atoms. The van der Waals surface area contributed by atoms with Gasteiger partial charge < -0.3 is 35.6 Å². The molecule has 0 bridgehead atoms. The highest BCUT2D eigenvalue weighted by Gasteiger charge is 2.42. The van der Waals surface area contributed by atoms with Crippen molar-refractivity contribution in [2.24, 2.45) is 5.73 Å². The molecule has 0 radical (unpaired) electrons. The van der Waals surface area contributed by atoms with Crippen LogP contribution in [-0.2, 0) is 19.1 Å².